The molecule has 1 rings (SSSR count). The van der Waals surface area contributed by atoms with Gasteiger partial charge in [0.25, 0.3) is 0 Å². The minimum absolute atomic E-state index is 0.442. The van der Waals surface area contributed by atoms with Gasteiger partial charge in [-0.3, -0.25) is 5.04 Å². The van der Waals surface area contributed by atoms with Gasteiger partial charge in [-0.15, -0.1) is 0 Å². The van der Waals surface area contributed by atoms with Crippen molar-refractivity contribution in [3.8, 4) is 0 Å². The Kier molecular flexibility index (Phi) is 4.05. The molecular formula is C6H7F2O5S-. The minimum atomic E-state index is -3.92. The number of ether oxygens (including phenoxy) is 1. The summed E-state index contributed by atoms with van der Waals surface area (Å²) in [6.07, 6.45) is 1.59. The molecule has 8 heteroatoms. The Labute approximate surface area is 82.4 Å². The second kappa shape index (κ2) is 4.87. The first-order chi connectivity index (χ1) is 6.56. The number of hydrogen-bond acceptors (Lipinski definition) is 6. The topological polar surface area (TPSA) is 67.8 Å². The van der Waals surface area contributed by atoms with Crippen molar-refractivity contribution in [1.82, 2.24) is 0 Å². The van der Waals surface area contributed by atoms with Crippen LogP contribution in [-0.2, 0) is 18.9 Å². The highest BCUT2D eigenvalue weighted by atomic mass is 32.2. The zero-order valence-corrected chi connectivity index (χ0v) is 7.72. The monoisotopic (exact) mass is 229 g/mol. The molecule has 14 heavy (non-hydrogen) atoms. The van der Waals surface area contributed by atoms with Crippen LogP contribution in [0, 0.1) is 0 Å². The van der Waals surface area contributed by atoms with Crippen LogP contribution in [0.1, 0.15) is 19.3 Å². The van der Waals surface area contributed by atoms with Crippen molar-refractivity contribution in [3.05, 3.63) is 0 Å². The van der Waals surface area contributed by atoms with Crippen molar-refractivity contribution in [2.75, 3.05) is 0 Å². The molecule has 0 unspecified atom stereocenters. The van der Waals surface area contributed by atoms with Gasteiger partial charge >= 0.3 is 11.2 Å². The third-order valence-corrected chi connectivity index (χ3v) is 2.23. The summed E-state index contributed by atoms with van der Waals surface area (Å²) in [7, 11) is 0. The number of carbonyl (C=O) groups excluding carboxylic acids is 1. The largest absolute Gasteiger partial charge is 0.691 e. The zero-order valence-electron chi connectivity index (χ0n) is 6.90. The summed E-state index contributed by atoms with van der Waals surface area (Å²) in [6, 6.07) is 0. The predicted molar refractivity (Wildman–Crippen MR) is 38.4 cm³/mol. The number of carbonyl (C=O) groups is 1. The quantitative estimate of drug-likeness (QED) is 0.297. The fourth-order valence-corrected chi connectivity index (χ4v) is 1.03. The van der Waals surface area contributed by atoms with Gasteiger partial charge in [0, 0.05) is 0 Å². The van der Waals surface area contributed by atoms with E-state index in [0.717, 1.165) is 6.42 Å². The van der Waals surface area contributed by atoms with Gasteiger partial charge < -0.3 is 9.99 Å². The summed E-state index contributed by atoms with van der Waals surface area (Å²) in [4.78, 5) is 10.7. The van der Waals surface area contributed by atoms with Gasteiger partial charge in [0.2, 0.25) is 0 Å². The molecule has 5 nitrogen and oxygen atoms in total. The molecular weight excluding hydrogens is 222 g/mol. The Bertz CT molecular complexity index is 208. The van der Waals surface area contributed by atoms with Crippen LogP contribution in [-0.4, -0.2) is 17.3 Å². The fourth-order valence-electron chi connectivity index (χ4n) is 0.799. The maximum atomic E-state index is 12.7. The normalized spacial score (nSPS) is 17.6. The average molecular weight is 229 g/mol. The molecule has 0 aliphatic heterocycles. The first-order valence-corrected chi connectivity index (χ1v) is 4.53. The van der Waals surface area contributed by atoms with Crippen molar-refractivity contribution < 1.29 is 32.9 Å². The number of alkyl halides is 2. The van der Waals surface area contributed by atoms with E-state index >= 15 is 0 Å². The molecule has 1 aliphatic rings. The number of halogens is 2. The molecule has 0 aromatic rings. The molecule has 0 spiro atoms. The fraction of sp³-hybridized carbons (Fsp3) is 0.833. The van der Waals surface area contributed by atoms with Crippen molar-refractivity contribution in [1.29, 1.82) is 0 Å². The molecule has 1 fully saturated rings. The highest BCUT2D eigenvalue weighted by molar-refractivity contribution is 7.96. The highest BCUT2D eigenvalue weighted by Crippen LogP contribution is 2.33. The summed E-state index contributed by atoms with van der Waals surface area (Å²) >= 11 is -0.679. The van der Waals surface area contributed by atoms with E-state index in [1.165, 1.54) is 0 Å². The maximum Gasteiger partial charge on any atom is 0.415 e. The number of rotatable bonds is 5. The molecule has 0 amide bonds. The van der Waals surface area contributed by atoms with Crippen LogP contribution in [0.4, 0.5) is 8.78 Å². The zero-order chi connectivity index (χ0) is 10.6. The number of hydrogen-bond donors (Lipinski definition) is 0. The SMILES string of the molecule is O=C(OC1CCC1)C(F)(F)SOO[O-]. The van der Waals surface area contributed by atoms with Gasteiger partial charge in [-0.25, -0.2) is 4.79 Å². The van der Waals surface area contributed by atoms with Crippen molar-refractivity contribution in [2.45, 2.75) is 30.6 Å². The Hall–Kier alpha value is -0.440. The molecule has 1 saturated carbocycles. The first-order valence-electron chi connectivity index (χ1n) is 3.79. The Morgan fingerprint density at radius 2 is 2.14 bits per heavy atom. The van der Waals surface area contributed by atoms with E-state index < -0.39 is 29.4 Å². The molecule has 0 heterocycles. The molecule has 0 aromatic heterocycles. The third kappa shape index (κ3) is 3.05. The van der Waals surface area contributed by atoms with Crippen LogP contribution in [0.5, 0.6) is 0 Å². The standard InChI is InChI=1S/C6H8F2O5S/c7-6(8,14-13-12-10)5(9)11-4-2-1-3-4/h4,10H,1-3H2/p-1. The van der Waals surface area contributed by atoms with Gasteiger partial charge in [0.05, 0.1) is 0 Å². The van der Waals surface area contributed by atoms with Crippen molar-refractivity contribution in [3.63, 3.8) is 0 Å². The Balaban J connectivity index is 2.32. The molecule has 0 aromatic carbocycles. The molecule has 82 valence electrons. The van der Waals surface area contributed by atoms with Crippen molar-refractivity contribution >= 4 is 18.0 Å². The lowest BCUT2D eigenvalue weighted by molar-refractivity contribution is -0.777. The Morgan fingerprint density at radius 3 is 2.57 bits per heavy atom. The summed E-state index contributed by atoms with van der Waals surface area (Å²) < 4.78 is 33.1. The van der Waals surface area contributed by atoms with Crippen LogP contribution in [0.2, 0.25) is 0 Å². The van der Waals surface area contributed by atoms with Crippen LogP contribution in [0.15, 0.2) is 0 Å². The molecule has 0 radical (unpaired) electrons. The van der Waals surface area contributed by atoms with Gasteiger partial charge in [-0.1, -0.05) is 0 Å². The lowest BCUT2D eigenvalue weighted by Crippen LogP contribution is -2.34. The molecule has 0 bridgehead atoms. The van der Waals surface area contributed by atoms with Crippen LogP contribution < -0.4 is 5.26 Å². The second-order valence-electron chi connectivity index (χ2n) is 2.69. The first kappa shape index (κ1) is 11.6. The van der Waals surface area contributed by atoms with E-state index in [9.17, 15) is 18.8 Å². The highest BCUT2D eigenvalue weighted by Gasteiger charge is 2.45. The minimum Gasteiger partial charge on any atom is -0.691 e. The van der Waals surface area contributed by atoms with Crippen LogP contribution >= 0.6 is 12.0 Å². The summed E-state index contributed by atoms with van der Waals surface area (Å²) in [5, 5.41) is 8.04. The van der Waals surface area contributed by atoms with Crippen LogP contribution in [0.25, 0.3) is 0 Å². The smallest absolute Gasteiger partial charge is 0.415 e. The van der Waals surface area contributed by atoms with Gasteiger partial charge in [0.1, 0.15) is 18.1 Å². The van der Waals surface area contributed by atoms with Crippen molar-refractivity contribution in [2.24, 2.45) is 0 Å². The Morgan fingerprint density at radius 1 is 1.50 bits per heavy atom. The van der Waals surface area contributed by atoms with E-state index in [0.29, 0.717) is 12.8 Å². The van der Waals surface area contributed by atoms with Gasteiger partial charge in [-0.2, -0.15) is 13.1 Å². The lowest BCUT2D eigenvalue weighted by atomic mass is 9.96. The van der Waals surface area contributed by atoms with Gasteiger partial charge in [-0.05, 0) is 19.3 Å². The lowest BCUT2D eigenvalue weighted by Gasteiger charge is -2.26. The van der Waals surface area contributed by atoms with E-state index in [1.54, 1.807) is 0 Å². The van der Waals surface area contributed by atoms with E-state index in [1.807, 2.05) is 0 Å². The second-order valence-corrected chi connectivity index (χ2v) is 3.51. The van der Waals surface area contributed by atoms with E-state index in [2.05, 4.69) is 14.1 Å². The number of esters is 1. The summed E-state index contributed by atoms with van der Waals surface area (Å²) in [5.41, 5.74) is 0. The molecule has 0 saturated heterocycles. The summed E-state index contributed by atoms with van der Waals surface area (Å²) in [6.45, 7) is 0. The maximum absolute atomic E-state index is 12.7. The molecule has 1 aliphatic carbocycles. The third-order valence-electron chi connectivity index (χ3n) is 1.73. The molecule has 0 atom stereocenters. The van der Waals surface area contributed by atoms with E-state index in [4.69, 9.17) is 0 Å². The average Bonchev–Trinajstić information content (AvgIpc) is 2.07. The summed E-state index contributed by atoms with van der Waals surface area (Å²) in [5.74, 6) is -1.72. The predicted octanol–water partition coefficient (Wildman–Crippen LogP) is 0.547. The molecule has 0 N–H and O–H groups in total. The van der Waals surface area contributed by atoms with Gasteiger partial charge in [0.15, 0.2) is 0 Å². The van der Waals surface area contributed by atoms with Crippen LogP contribution in [0.3, 0.4) is 0 Å². The van der Waals surface area contributed by atoms with E-state index in [-0.39, 0.29) is 0 Å².